The largest absolute Gasteiger partial charge is 0.346 e. The van der Waals surface area contributed by atoms with Crippen molar-refractivity contribution in [3.05, 3.63) is 53.5 Å². The summed E-state index contributed by atoms with van der Waals surface area (Å²) in [6, 6.07) is 9.21. The van der Waals surface area contributed by atoms with Gasteiger partial charge >= 0.3 is 0 Å². The molecule has 0 bridgehead atoms. The van der Waals surface area contributed by atoms with E-state index in [9.17, 15) is 9.18 Å². The van der Waals surface area contributed by atoms with Gasteiger partial charge in [0.1, 0.15) is 5.82 Å². The van der Waals surface area contributed by atoms with Gasteiger partial charge in [-0.3, -0.25) is 4.79 Å². The topological polar surface area (TPSA) is 92.9 Å². The van der Waals surface area contributed by atoms with Gasteiger partial charge in [0.25, 0.3) is 5.91 Å². The van der Waals surface area contributed by atoms with Crippen molar-refractivity contribution in [1.29, 1.82) is 0 Å². The Morgan fingerprint density at radius 2 is 2.00 bits per heavy atom. The second kappa shape index (κ2) is 5.87. The fraction of sp³-hybridized carbons (Fsp3) is 0.0833. The van der Waals surface area contributed by atoms with Crippen LogP contribution in [0.5, 0.6) is 0 Å². The molecule has 0 radical (unpaired) electrons. The van der Waals surface area contributed by atoms with E-state index < -0.39 is 5.91 Å². The molecule has 0 spiro atoms. The molecule has 0 saturated carbocycles. The third-order valence-electron chi connectivity index (χ3n) is 2.44. The molecule has 0 aliphatic carbocycles. The number of hydrazine groups is 1. The Balaban J connectivity index is 1.99. The molecule has 0 saturated heterocycles. The number of rotatable bonds is 4. The predicted molar refractivity (Wildman–Crippen MR) is 67.4 cm³/mol. The molecule has 6 nitrogen and oxygen atoms in total. The molecule has 4 N–H and O–H groups in total. The Hall–Kier alpha value is -2.54. The summed E-state index contributed by atoms with van der Waals surface area (Å²) in [7, 11) is 0. The molecular formula is C12H12FN5O. The second-order valence-electron chi connectivity index (χ2n) is 3.72. The molecule has 19 heavy (non-hydrogen) atoms. The fourth-order valence-electron chi connectivity index (χ4n) is 1.44. The van der Waals surface area contributed by atoms with Crippen LogP contribution in [-0.4, -0.2) is 16.1 Å². The Bertz CT molecular complexity index is 573. The summed E-state index contributed by atoms with van der Waals surface area (Å²) >= 11 is 0. The molecule has 1 heterocycles. The first-order valence-corrected chi connectivity index (χ1v) is 5.52. The third kappa shape index (κ3) is 3.23. The van der Waals surface area contributed by atoms with Crippen molar-refractivity contribution in [3.63, 3.8) is 0 Å². The van der Waals surface area contributed by atoms with Crippen LogP contribution in [0.2, 0.25) is 0 Å². The van der Waals surface area contributed by atoms with Crippen molar-refractivity contribution in [1.82, 2.24) is 15.5 Å². The van der Waals surface area contributed by atoms with Crippen LogP contribution in [0, 0.1) is 5.82 Å². The van der Waals surface area contributed by atoms with E-state index in [0.29, 0.717) is 11.4 Å². The molecule has 7 heteroatoms. The molecule has 0 unspecified atom stereocenters. The number of amides is 1. The van der Waals surface area contributed by atoms with E-state index in [1.54, 1.807) is 18.2 Å². The molecular weight excluding hydrogens is 249 g/mol. The fourth-order valence-corrected chi connectivity index (χ4v) is 1.44. The molecule has 0 aliphatic heterocycles. The normalized spacial score (nSPS) is 10.0. The first kappa shape index (κ1) is 12.9. The van der Waals surface area contributed by atoms with Gasteiger partial charge < -0.3 is 10.7 Å². The number of nitrogen functional groups attached to an aromatic ring is 1. The van der Waals surface area contributed by atoms with Crippen LogP contribution in [0.4, 0.5) is 10.2 Å². The van der Waals surface area contributed by atoms with Gasteiger partial charge in [-0.2, -0.15) is 0 Å². The summed E-state index contributed by atoms with van der Waals surface area (Å²) in [6.45, 7) is 0.0874. The lowest BCUT2D eigenvalue weighted by Gasteiger charge is -2.05. The van der Waals surface area contributed by atoms with Crippen molar-refractivity contribution >= 4 is 11.7 Å². The van der Waals surface area contributed by atoms with Crippen LogP contribution in [0.25, 0.3) is 0 Å². The summed E-state index contributed by atoms with van der Waals surface area (Å²) in [5.74, 6) is 4.69. The summed E-state index contributed by atoms with van der Waals surface area (Å²) in [5, 5.41) is 9.92. The number of halogens is 1. The van der Waals surface area contributed by atoms with Crippen LogP contribution in [-0.2, 0) is 6.54 Å². The van der Waals surface area contributed by atoms with Crippen molar-refractivity contribution in [2.24, 2.45) is 5.84 Å². The smallest absolute Gasteiger partial charge is 0.272 e. The van der Waals surface area contributed by atoms with Gasteiger partial charge in [0.2, 0.25) is 0 Å². The molecule has 2 rings (SSSR count). The SMILES string of the molecule is NNc1ccc(C(=O)NCc2ccccc2F)nn1. The van der Waals surface area contributed by atoms with Gasteiger partial charge in [0, 0.05) is 12.1 Å². The Morgan fingerprint density at radius 3 is 2.63 bits per heavy atom. The number of hydrogen-bond acceptors (Lipinski definition) is 5. The van der Waals surface area contributed by atoms with E-state index in [4.69, 9.17) is 5.84 Å². The van der Waals surface area contributed by atoms with E-state index in [2.05, 4.69) is 20.9 Å². The minimum absolute atomic E-state index is 0.0874. The zero-order valence-corrected chi connectivity index (χ0v) is 9.93. The number of hydrogen-bond donors (Lipinski definition) is 3. The van der Waals surface area contributed by atoms with Gasteiger partial charge in [-0.25, -0.2) is 10.2 Å². The van der Waals surface area contributed by atoms with Gasteiger partial charge in [0.05, 0.1) is 0 Å². The molecule has 98 valence electrons. The third-order valence-corrected chi connectivity index (χ3v) is 2.44. The molecule has 2 aromatic rings. The highest BCUT2D eigenvalue weighted by Gasteiger charge is 2.09. The van der Waals surface area contributed by atoms with Crippen LogP contribution < -0.4 is 16.6 Å². The Morgan fingerprint density at radius 1 is 1.21 bits per heavy atom. The lowest BCUT2D eigenvalue weighted by Crippen LogP contribution is -2.24. The van der Waals surface area contributed by atoms with Crippen LogP contribution >= 0.6 is 0 Å². The number of aromatic nitrogens is 2. The van der Waals surface area contributed by atoms with Crippen molar-refractivity contribution in [2.45, 2.75) is 6.54 Å². The number of anilines is 1. The quantitative estimate of drug-likeness (QED) is 0.560. The zero-order chi connectivity index (χ0) is 13.7. The molecule has 1 amide bonds. The number of carbonyl (C=O) groups is 1. The van der Waals surface area contributed by atoms with Crippen molar-refractivity contribution in [2.75, 3.05) is 5.43 Å². The van der Waals surface area contributed by atoms with Crippen LogP contribution in [0.3, 0.4) is 0 Å². The van der Waals surface area contributed by atoms with E-state index in [1.165, 1.54) is 18.2 Å². The Kier molecular flexibility index (Phi) is 3.99. The monoisotopic (exact) mass is 261 g/mol. The molecule has 1 aromatic carbocycles. The highest BCUT2D eigenvalue weighted by molar-refractivity contribution is 5.92. The highest BCUT2D eigenvalue weighted by atomic mass is 19.1. The average Bonchev–Trinajstić information content (AvgIpc) is 2.46. The van der Waals surface area contributed by atoms with E-state index in [-0.39, 0.29) is 18.1 Å². The molecule has 0 fully saturated rings. The van der Waals surface area contributed by atoms with E-state index in [0.717, 1.165) is 0 Å². The van der Waals surface area contributed by atoms with Crippen molar-refractivity contribution < 1.29 is 9.18 Å². The van der Waals surface area contributed by atoms with Crippen LogP contribution in [0.1, 0.15) is 16.1 Å². The lowest BCUT2D eigenvalue weighted by molar-refractivity contribution is 0.0944. The van der Waals surface area contributed by atoms with Crippen molar-refractivity contribution in [3.8, 4) is 0 Å². The number of carbonyl (C=O) groups excluding carboxylic acids is 1. The maximum absolute atomic E-state index is 13.3. The van der Waals surface area contributed by atoms with Gasteiger partial charge in [-0.1, -0.05) is 18.2 Å². The van der Waals surface area contributed by atoms with E-state index in [1.807, 2.05) is 0 Å². The zero-order valence-electron chi connectivity index (χ0n) is 9.93. The molecule has 0 aliphatic rings. The standard InChI is InChI=1S/C12H12FN5O/c13-9-4-2-1-3-8(9)7-15-12(19)10-5-6-11(16-14)18-17-10/h1-6H,7,14H2,(H,15,19)(H,16,18). The van der Waals surface area contributed by atoms with E-state index >= 15 is 0 Å². The summed E-state index contributed by atoms with van der Waals surface area (Å²) < 4.78 is 13.3. The highest BCUT2D eigenvalue weighted by Crippen LogP contribution is 2.06. The molecule has 1 aromatic heterocycles. The second-order valence-corrected chi connectivity index (χ2v) is 3.72. The summed E-state index contributed by atoms with van der Waals surface area (Å²) in [6.07, 6.45) is 0. The minimum atomic E-state index is -0.431. The predicted octanol–water partition coefficient (Wildman–Crippen LogP) is 0.831. The summed E-state index contributed by atoms with van der Waals surface area (Å²) in [5.41, 5.74) is 2.84. The minimum Gasteiger partial charge on any atom is -0.346 e. The van der Waals surface area contributed by atoms with Crippen LogP contribution in [0.15, 0.2) is 36.4 Å². The number of nitrogens with one attached hydrogen (secondary N) is 2. The first-order valence-electron chi connectivity index (χ1n) is 5.52. The first-order chi connectivity index (χ1) is 9.20. The summed E-state index contributed by atoms with van der Waals surface area (Å²) in [4.78, 5) is 11.7. The van der Waals surface area contributed by atoms with Gasteiger partial charge in [0.15, 0.2) is 11.5 Å². The number of benzene rings is 1. The lowest BCUT2D eigenvalue weighted by atomic mass is 10.2. The number of nitrogens with zero attached hydrogens (tertiary/aromatic N) is 2. The average molecular weight is 261 g/mol. The maximum atomic E-state index is 13.3. The molecule has 0 atom stereocenters. The van der Waals surface area contributed by atoms with Gasteiger partial charge in [-0.05, 0) is 18.2 Å². The maximum Gasteiger partial charge on any atom is 0.272 e. The number of nitrogens with two attached hydrogens (primary N) is 1. The van der Waals surface area contributed by atoms with Gasteiger partial charge in [-0.15, -0.1) is 10.2 Å². The Labute approximate surface area is 108 Å².